The SMILES string of the molecule is CCOC[C@@H]1OC(C)[C@H](OSOOO)[C@H](COC[C@@H]2OC(C)[C@H](OSOOO)[C@H](OSOOO)C2OSOOO)C1COC[C@@H]1OC(C)[C@H](OOS(=O)[O-])[C@H](COC[C@@H]2OC(C)[C@H](OSOOO)[C@H](COC[C@@H]3OC(C)[C@H](OSOOO)[C@H](O)C3OSOOO)C2OSOOO)C1COC[C@@H]1OC(C)[C@H](O)[C@H](OS(=O)(=O)O)C1O. The number of ether oxygens (including phenoxy) is 12. The van der Waals surface area contributed by atoms with Crippen LogP contribution >= 0.6 is 98.6 Å². The number of rotatable bonds is 60. The van der Waals surface area contributed by atoms with Crippen LogP contribution in [-0.4, -0.2) is 311 Å². The van der Waals surface area contributed by atoms with Crippen LogP contribution in [0.2, 0.25) is 0 Å². The van der Waals surface area contributed by atoms with Crippen molar-refractivity contribution in [3.8, 4) is 0 Å². The van der Waals surface area contributed by atoms with Gasteiger partial charge in [0.2, 0.25) is 0 Å². The fraction of sp³-hybridized carbons (Fsp3) is 1.00. The normalized spacial score (nSPS) is 36.7. The average Bonchev–Trinajstić information content (AvgIpc) is 0.810. The van der Waals surface area contributed by atoms with Crippen LogP contribution in [0.4, 0.5) is 0 Å². The minimum atomic E-state index is -5.30. The van der Waals surface area contributed by atoms with Crippen LogP contribution in [0.15, 0.2) is 0 Å². The second kappa shape index (κ2) is 57.4. The molecule has 0 saturated carbocycles. The van der Waals surface area contributed by atoms with E-state index in [4.69, 9.17) is 136 Å². The van der Waals surface area contributed by atoms with E-state index in [1.807, 2.05) is 0 Å². The minimum Gasteiger partial charge on any atom is -0.748 e. The Hall–Kier alpha value is 0.820. The highest BCUT2D eigenvalue weighted by atomic mass is 32.3. The van der Waals surface area contributed by atoms with Gasteiger partial charge in [-0.2, -0.15) is 8.42 Å². The van der Waals surface area contributed by atoms with Crippen molar-refractivity contribution in [3.05, 3.63) is 0 Å². The van der Waals surface area contributed by atoms with Gasteiger partial charge in [0.05, 0.1) is 122 Å². The van der Waals surface area contributed by atoms with Crippen LogP contribution in [0.3, 0.4) is 0 Å². The lowest BCUT2D eigenvalue weighted by atomic mass is 9.79. The lowest BCUT2D eigenvalue weighted by molar-refractivity contribution is -0.436. The van der Waals surface area contributed by atoms with Crippen molar-refractivity contribution in [2.75, 3.05) is 79.3 Å². The van der Waals surface area contributed by atoms with Crippen molar-refractivity contribution in [3.63, 3.8) is 0 Å². The van der Waals surface area contributed by atoms with Crippen LogP contribution in [-0.2, 0) is 200 Å². The first kappa shape index (κ1) is 104. The van der Waals surface area contributed by atoms with E-state index in [-0.39, 0.29) is 125 Å². The summed E-state index contributed by atoms with van der Waals surface area (Å²) in [5.41, 5.74) is 0. The van der Waals surface area contributed by atoms with Gasteiger partial charge < -0.3 is 76.7 Å². The zero-order valence-electron chi connectivity index (χ0n) is 59.8. The Morgan fingerprint density at radius 3 is 1.08 bits per heavy atom. The lowest BCUT2D eigenvalue weighted by Crippen LogP contribution is -2.60. The molecule has 12 N–H and O–H groups in total. The second-order valence-electron chi connectivity index (χ2n) is 24.4. The molecule has 6 heterocycles. The molecule has 0 amide bonds. The minimum absolute atomic E-state index is 0.0698. The molecule has 0 aromatic carbocycles. The Morgan fingerprint density at radius 2 is 0.632 bits per heavy atom. The summed E-state index contributed by atoms with van der Waals surface area (Å²) in [7, 11) is -5.30. The van der Waals surface area contributed by atoms with Crippen LogP contribution in [0.1, 0.15) is 48.5 Å². The van der Waals surface area contributed by atoms with Crippen molar-refractivity contribution in [1.29, 1.82) is 0 Å². The van der Waals surface area contributed by atoms with Gasteiger partial charge in [-0.3, -0.25) is 38.0 Å². The van der Waals surface area contributed by atoms with Gasteiger partial charge in [0.25, 0.3) is 0 Å². The molecule has 0 aromatic rings. The van der Waals surface area contributed by atoms with Crippen LogP contribution in [0.5, 0.6) is 0 Å². The fourth-order valence-corrected chi connectivity index (χ4v) is 17.1. The first-order valence-corrected chi connectivity index (χ1v) is 40.6. The van der Waals surface area contributed by atoms with E-state index >= 15 is 0 Å². The molecule has 31 atom stereocenters. The molecule has 0 aliphatic carbocycles. The van der Waals surface area contributed by atoms with Crippen molar-refractivity contribution in [1.82, 2.24) is 0 Å². The molecule has 0 spiro atoms. The first-order valence-electron chi connectivity index (χ1n) is 32.9. The molecule has 114 heavy (non-hydrogen) atoms. The van der Waals surface area contributed by atoms with Crippen LogP contribution < -0.4 is 0 Å². The maximum Gasteiger partial charge on any atom is 0.397 e. The molecule has 65 heteroatoms. The molecule has 6 fully saturated rings. The number of hydrogen-bond donors (Lipinski definition) is 12. The highest BCUT2D eigenvalue weighted by molar-refractivity contribution is 7.91. The summed E-state index contributed by atoms with van der Waals surface area (Å²) in [5, 5.41) is 135. The van der Waals surface area contributed by atoms with E-state index in [1.54, 1.807) is 13.8 Å². The van der Waals surface area contributed by atoms with Gasteiger partial charge in [0.15, 0.2) is 98.6 Å². The summed E-state index contributed by atoms with van der Waals surface area (Å²) in [6, 6.07) is 0. The third kappa shape index (κ3) is 33.6. The Morgan fingerprint density at radius 1 is 0.325 bits per heavy atom. The van der Waals surface area contributed by atoms with Gasteiger partial charge in [-0.25, -0.2) is 55.3 Å². The third-order valence-electron chi connectivity index (χ3n) is 17.9. The van der Waals surface area contributed by atoms with E-state index in [0.717, 1.165) is 0 Å². The van der Waals surface area contributed by atoms with Gasteiger partial charge in [0, 0.05) is 36.2 Å². The summed E-state index contributed by atoms with van der Waals surface area (Å²) in [6.45, 7) is 6.38. The number of aliphatic hydroxyl groups excluding tert-OH is 3. The summed E-state index contributed by atoms with van der Waals surface area (Å²) >= 11 is -2.39. The Balaban J connectivity index is 1.34. The van der Waals surface area contributed by atoms with Crippen molar-refractivity contribution < 1.29 is 258 Å². The quantitative estimate of drug-likeness (QED) is 0.0104. The van der Waals surface area contributed by atoms with Crippen LogP contribution in [0, 0.1) is 29.6 Å². The van der Waals surface area contributed by atoms with E-state index in [0.29, 0.717) is 0 Å². The molecule has 0 aromatic heterocycles. The molecule has 6 saturated heterocycles. The van der Waals surface area contributed by atoms with Gasteiger partial charge in [-0.05, 0) is 48.5 Å². The first-order chi connectivity index (χ1) is 54.9. The standard InChI is InChI=1S/C49H88O55S10/c1-8-66-14-31-27(29(41(22(4)74-31)79-105-96-88-53)12-70-19-36-47(85-111-102-94-59)49(86-112-103-95-60)44(25(7)77-36)82-108-99-91-56)10-67-15-32-26(9-68-16-33-38(51)48(87-114(63,64)65)37(50)20(2)72-33)28(40(21(3)73-32)78-104-113(61)62)11-69-17-34-45(83-109-100-92-57)30(42(23(5)75-34)80-106-97-89-54)13-71-18-35-46(84-110-101-93-58)39(52)43(24(6)76-35)81-107-98-90-55/h20-60H,8-19H2,1-7H3,(H,61,62)(H,63,64,65)/p-1/t20?,21?,22?,23?,24?,25?,26?,27?,28-,29-,30+,31+,32+,33+,34+,35+,36+,37+,38?,39+,40+,41+,42+,43+,44+,45?,46?,47?,48+,49+/m1/s1. The van der Waals surface area contributed by atoms with E-state index in [2.05, 4.69) is 79.2 Å². The smallest absolute Gasteiger partial charge is 0.397 e. The van der Waals surface area contributed by atoms with Crippen molar-refractivity contribution >= 4 is 120 Å². The predicted octanol–water partition coefficient (Wildman–Crippen LogP) is 2.25. The number of aliphatic hydroxyl groups is 3. The van der Waals surface area contributed by atoms with Gasteiger partial charge in [-0.1, -0.05) is 40.3 Å². The predicted molar refractivity (Wildman–Crippen MR) is 361 cm³/mol. The zero-order valence-corrected chi connectivity index (χ0v) is 68.0. The lowest BCUT2D eigenvalue weighted by Gasteiger charge is -2.47. The van der Waals surface area contributed by atoms with Gasteiger partial charge in [0.1, 0.15) is 115 Å². The van der Waals surface area contributed by atoms with E-state index < -0.39 is 257 Å². The average molecular weight is 1880 g/mol. The molecule has 6 aliphatic rings. The fourth-order valence-electron chi connectivity index (χ4n) is 13.1. The monoisotopic (exact) mass is 1880 g/mol. The Labute approximate surface area is 684 Å². The topological polar surface area (TPSA) is 677 Å². The largest absolute Gasteiger partial charge is 0.748 e. The molecule has 674 valence electrons. The highest BCUT2D eigenvalue weighted by Crippen LogP contribution is 2.43. The van der Waals surface area contributed by atoms with E-state index in [9.17, 15) is 42.3 Å². The highest BCUT2D eigenvalue weighted by Gasteiger charge is 2.55. The molecule has 0 radical (unpaired) electrons. The summed E-state index contributed by atoms with van der Waals surface area (Å²) < 4.78 is 224. The van der Waals surface area contributed by atoms with Crippen molar-refractivity contribution in [2.45, 2.75) is 201 Å². The van der Waals surface area contributed by atoms with Crippen LogP contribution in [0.25, 0.3) is 0 Å². The van der Waals surface area contributed by atoms with Gasteiger partial charge >= 0.3 is 10.4 Å². The zero-order chi connectivity index (χ0) is 83.1. The molecule has 55 nitrogen and oxygen atoms in total. The summed E-state index contributed by atoms with van der Waals surface area (Å²) in [6.07, 6.45) is -32.6. The molecule has 0 bridgehead atoms. The molecule has 6 rings (SSSR count). The summed E-state index contributed by atoms with van der Waals surface area (Å²) in [5.74, 6) is -5.12. The maximum atomic E-state index is 12.2. The van der Waals surface area contributed by atoms with Gasteiger partial charge in [-0.15, -0.1) is 39.0 Å². The Bertz CT molecular complexity index is 2640. The van der Waals surface area contributed by atoms with Crippen molar-refractivity contribution in [2.24, 2.45) is 29.6 Å². The van der Waals surface area contributed by atoms with E-state index in [1.165, 1.54) is 34.6 Å². The molecule has 13 unspecified atom stereocenters. The number of hydrogen-bond acceptors (Lipinski definition) is 62. The maximum absolute atomic E-state index is 12.2. The second-order valence-corrected chi connectivity index (χ2v) is 29.7. The summed E-state index contributed by atoms with van der Waals surface area (Å²) in [4.78, 5) is 5.57. The molecule has 6 aliphatic heterocycles. The molecular formula is C49H87O55S10-. The molecular weight excluding hydrogens is 1790 g/mol. The Kier molecular flexibility index (Phi) is 52.2. The third-order valence-corrected chi connectivity index (χ3v) is 21.9.